The van der Waals surface area contributed by atoms with Gasteiger partial charge in [0.2, 0.25) is 0 Å². The molecule has 0 unspecified atom stereocenters. The summed E-state index contributed by atoms with van der Waals surface area (Å²) in [5.74, 6) is 0. The maximum absolute atomic E-state index is 6.11. The van der Waals surface area contributed by atoms with E-state index in [4.69, 9.17) is 5.73 Å². The zero-order valence-electron chi connectivity index (χ0n) is 8.92. The summed E-state index contributed by atoms with van der Waals surface area (Å²) in [7, 11) is 0. The van der Waals surface area contributed by atoms with Crippen molar-refractivity contribution >= 4 is 27.7 Å². The molecule has 0 saturated heterocycles. The highest BCUT2D eigenvalue weighted by Crippen LogP contribution is 2.37. The van der Waals surface area contributed by atoms with Crippen molar-refractivity contribution in [1.29, 1.82) is 0 Å². The lowest BCUT2D eigenvalue weighted by Crippen LogP contribution is -2.22. The van der Waals surface area contributed by atoms with Crippen molar-refractivity contribution in [3.05, 3.63) is 28.2 Å². The Bertz CT molecular complexity index is 361. The summed E-state index contributed by atoms with van der Waals surface area (Å²) in [4.78, 5) is 1.38. The van der Waals surface area contributed by atoms with E-state index in [-0.39, 0.29) is 5.54 Å². The second-order valence-electron chi connectivity index (χ2n) is 4.32. The molecule has 0 aromatic heterocycles. The average Bonchev–Trinajstić information content (AvgIpc) is 2.95. The fraction of sp³-hybridized carbons (Fsp3) is 0.500. The first-order chi connectivity index (χ1) is 7.13. The second-order valence-corrected chi connectivity index (χ2v) is 6.08. The van der Waals surface area contributed by atoms with Crippen molar-refractivity contribution in [2.45, 2.75) is 36.1 Å². The number of benzene rings is 1. The summed E-state index contributed by atoms with van der Waals surface area (Å²) in [6, 6.07) is 6.50. The number of hydrogen-bond donors (Lipinski definition) is 1. The summed E-state index contributed by atoms with van der Waals surface area (Å²) >= 11 is 5.33. The van der Waals surface area contributed by atoms with Crippen LogP contribution in [0.25, 0.3) is 0 Å². The largest absolute Gasteiger partial charge is 0.325 e. The zero-order chi connectivity index (χ0) is 10.9. The summed E-state index contributed by atoms with van der Waals surface area (Å²) in [5, 5.41) is 0. The van der Waals surface area contributed by atoms with Crippen molar-refractivity contribution in [3.63, 3.8) is 0 Å². The Balaban J connectivity index is 2.08. The molecule has 82 valence electrons. The van der Waals surface area contributed by atoms with Gasteiger partial charge in [0.05, 0.1) is 0 Å². The van der Waals surface area contributed by atoms with Gasteiger partial charge in [-0.3, -0.25) is 0 Å². The molecular formula is C12H16BrNS. The number of halogens is 1. The Morgan fingerprint density at radius 3 is 2.80 bits per heavy atom. The van der Waals surface area contributed by atoms with Crippen LogP contribution in [0.15, 0.2) is 27.6 Å². The molecule has 0 atom stereocenters. The highest BCUT2D eigenvalue weighted by molar-refractivity contribution is 9.10. The number of rotatable bonds is 4. The first-order valence-electron chi connectivity index (χ1n) is 5.24. The molecule has 0 bridgehead atoms. The summed E-state index contributed by atoms with van der Waals surface area (Å²) in [5.41, 5.74) is 7.69. The van der Waals surface area contributed by atoms with Crippen LogP contribution in [0.4, 0.5) is 0 Å². The first kappa shape index (κ1) is 11.5. The van der Waals surface area contributed by atoms with Gasteiger partial charge in [-0.15, -0.1) is 11.8 Å². The van der Waals surface area contributed by atoms with E-state index in [0.29, 0.717) is 0 Å². The third-order valence-electron chi connectivity index (χ3n) is 3.03. The normalized spacial score (nSPS) is 17.8. The second kappa shape index (κ2) is 4.48. The molecule has 2 N–H and O–H groups in total. The Labute approximate surface area is 104 Å². The van der Waals surface area contributed by atoms with E-state index in [0.717, 1.165) is 17.3 Å². The maximum Gasteiger partial charge on any atom is 0.0178 e. The van der Waals surface area contributed by atoms with Crippen LogP contribution >= 0.6 is 27.7 Å². The van der Waals surface area contributed by atoms with Gasteiger partial charge in [-0.05, 0) is 55.7 Å². The van der Waals surface area contributed by atoms with Crippen LogP contribution in [-0.4, -0.2) is 11.8 Å². The summed E-state index contributed by atoms with van der Waals surface area (Å²) in [6.45, 7) is 0. The fourth-order valence-electron chi connectivity index (χ4n) is 1.74. The van der Waals surface area contributed by atoms with E-state index >= 15 is 0 Å². The van der Waals surface area contributed by atoms with E-state index in [1.54, 1.807) is 0 Å². The minimum atomic E-state index is 0.165. The molecule has 0 spiro atoms. The van der Waals surface area contributed by atoms with Crippen LogP contribution in [0.3, 0.4) is 0 Å². The van der Waals surface area contributed by atoms with Gasteiger partial charge < -0.3 is 5.73 Å². The predicted molar refractivity (Wildman–Crippen MR) is 70.4 cm³/mol. The molecule has 1 fully saturated rings. The van der Waals surface area contributed by atoms with Crippen LogP contribution < -0.4 is 5.73 Å². The third kappa shape index (κ3) is 2.99. The molecule has 1 saturated carbocycles. The van der Waals surface area contributed by atoms with Crippen LogP contribution in [0.1, 0.15) is 24.8 Å². The Kier molecular flexibility index (Phi) is 3.43. The molecule has 1 aromatic rings. The molecular weight excluding hydrogens is 270 g/mol. The summed E-state index contributed by atoms with van der Waals surface area (Å²) < 4.78 is 1.16. The van der Waals surface area contributed by atoms with Crippen LogP contribution in [0, 0.1) is 0 Å². The molecule has 2 rings (SSSR count). The predicted octanol–water partition coefficient (Wildman–Crippen LogP) is 3.59. The molecule has 15 heavy (non-hydrogen) atoms. The third-order valence-corrected chi connectivity index (χ3v) is 4.36. The van der Waals surface area contributed by atoms with E-state index in [2.05, 4.69) is 40.4 Å². The molecule has 1 aliphatic carbocycles. The van der Waals surface area contributed by atoms with Gasteiger partial charge >= 0.3 is 0 Å². The monoisotopic (exact) mass is 285 g/mol. The molecule has 0 heterocycles. The van der Waals surface area contributed by atoms with E-state index < -0.39 is 0 Å². The SMILES string of the molecule is CSc1ccc(Br)cc1CCC1(N)CC1. The van der Waals surface area contributed by atoms with Gasteiger partial charge in [0.25, 0.3) is 0 Å². The molecule has 0 aliphatic heterocycles. The number of nitrogens with two attached hydrogens (primary N) is 1. The van der Waals surface area contributed by atoms with Crippen molar-refractivity contribution in [3.8, 4) is 0 Å². The number of hydrogen-bond acceptors (Lipinski definition) is 2. The van der Waals surface area contributed by atoms with Gasteiger partial charge in [-0.1, -0.05) is 15.9 Å². The topological polar surface area (TPSA) is 26.0 Å². The smallest absolute Gasteiger partial charge is 0.0178 e. The Morgan fingerprint density at radius 1 is 1.47 bits per heavy atom. The molecule has 0 radical (unpaired) electrons. The molecule has 1 nitrogen and oxygen atoms in total. The molecule has 1 aliphatic rings. The summed E-state index contributed by atoms with van der Waals surface area (Å²) in [6.07, 6.45) is 6.76. The maximum atomic E-state index is 6.11. The Hall–Kier alpha value is 0.01000. The lowest BCUT2D eigenvalue weighted by atomic mass is 10.0. The van der Waals surface area contributed by atoms with Crippen LogP contribution in [-0.2, 0) is 6.42 Å². The average molecular weight is 286 g/mol. The van der Waals surface area contributed by atoms with Crippen LogP contribution in [0.2, 0.25) is 0 Å². The molecule has 3 heteroatoms. The van der Waals surface area contributed by atoms with Crippen LogP contribution in [0.5, 0.6) is 0 Å². The lowest BCUT2D eigenvalue weighted by Gasteiger charge is -2.11. The van der Waals surface area contributed by atoms with Crippen molar-refractivity contribution in [2.75, 3.05) is 6.26 Å². The van der Waals surface area contributed by atoms with Gasteiger partial charge in [0.15, 0.2) is 0 Å². The van der Waals surface area contributed by atoms with Crippen molar-refractivity contribution in [2.24, 2.45) is 5.73 Å². The highest BCUT2D eigenvalue weighted by Gasteiger charge is 2.37. The minimum Gasteiger partial charge on any atom is -0.325 e. The van der Waals surface area contributed by atoms with Gasteiger partial charge in [-0.25, -0.2) is 0 Å². The van der Waals surface area contributed by atoms with Crippen molar-refractivity contribution in [1.82, 2.24) is 0 Å². The van der Waals surface area contributed by atoms with E-state index in [1.807, 2.05) is 11.8 Å². The number of thioether (sulfide) groups is 1. The highest BCUT2D eigenvalue weighted by atomic mass is 79.9. The number of aryl methyl sites for hydroxylation is 1. The molecule has 0 amide bonds. The standard InChI is InChI=1S/C12H16BrNS/c1-15-11-3-2-10(13)8-9(11)4-5-12(14)6-7-12/h2-3,8H,4-7,14H2,1H3. The van der Waals surface area contributed by atoms with E-state index in [1.165, 1.54) is 23.3 Å². The minimum absolute atomic E-state index is 0.165. The van der Waals surface area contributed by atoms with E-state index in [9.17, 15) is 0 Å². The van der Waals surface area contributed by atoms with Gasteiger partial charge in [0, 0.05) is 14.9 Å². The quantitative estimate of drug-likeness (QED) is 0.856. The fourth-order valence-corrected chi connectivity index (χ4v) is 2.77. The lowest BCUT2D eigenvalue weighted by molar-refractivity contribution is 0.606. The van der Waals surface area contributed by atoms with Gasteiger partial charge in [0.1, 0.15) is 0 Å². The zero-order valence-corrected chi connectivity index (χ0v) is 11.3. The Morgan fingerprint density at radius 2 is 2.20 bits per heavy atom. The molecule has 1 aromatic carbocycles. The first-order valence-corrected chi connectivity index (χ1v) is 7.26. The van der Waals surface area contributed by atoms with Crippen molar-refractivity contribution < 1.29 is 0 Å². The van der Waals surface area contributed by atoms with Gasteiger partial charge in [-0.2, -0.15) is 0 Å².